The summed E-state index contributed by atoms with van der Waals surface area (Å²) in [6.07, 6.45) is 0. The Labute approximate surface area is 115 Å². The second-order valence-electron chi connectivity index (χ2n) is 3.71. The summed E-state index contributed by atoms with van der Waals surface area (Å²) in [4.78, 5) is 8.48. The van der Waals surface area contributed by atoms with E-state index in [9.17, 15) is 0 Å². The van der Waals surface area contributed by atoms with Gasteiger partial charge in [0.15, 0.2) is 0 Å². The number of hydrogen-bond donors (Lipinski definition) is 1. The smallest absolute Gasteiger partial charge is 0.135 e. The fourth-order valence-electron chi connectivity index (χ4n) is 1.57. The first kappa shape index (κ1) is 12.8. The van der Waals surface area contributed by atoms with Gasteiger partial charge in [-0.05, 0) is 41.9 Å². The predicted octanol–water partition coefficient (Wildman–Crippen LogP) is 3.69. The highest BCUT2D eigenvalue weighted by Crippen LogP contribution is 2.21. The molecule has 0 atom stereocenters. The Hall–Kier alpha value is -1.62. The predicted molar refractivity (Wildman–Crippen MR) is 75.4 cm³/mol. The van der Waals surface area contributed by atoms with Crippen molar-refractivity contribution in [3.05, 3.63) is 40.8 Å². The van der Waals surface area contributed by atoms with E-state index in [1.165, 1.54) is 0 Å². The zero-order valence-corrected chi connectivity index (χ0v) is 11.9. The second-order valence-corrected chi connectivity index (χ2v) is 4.52. The molecular formula is C13H14BrN3O. The van der Waals surface area contributed by atoms with Crippen molar-refractivity contribution in [1.82, 2.24) is 9.97 Å². The Balaban J connectivity index is 2.20. The van der Waals surface area contributed by atoms with Crippen LogP contribution in [0.5, 0.6) is 5.75 Å². The molecule has 5 heteroatoms. The number of ether oxygens (including phenoxy) is 1. The SMILES string of the molecule is CCOc1cccc(Nc2cc(Br)nc(C)n2)c1. The quantitative estimate of drug-likeness (QED) is 0.875. The highest BCUT2D eigenvalue weighted by Gasteiger charge is 2.01. The molecule has 1 N–H and O–H groups in total. The molecule has 0 spiro atoms. The van der Waals surface area contributed by atoms with Crippen LogP contribution in [-0.4, -0.2) is 16.6 Å². The molecule has 1 aromatic carbocycles. The standard InChI is InChI=1S/C13H14BrN3O/c1-3-18-11-6-4-5-10(7-11)17-13-8-12(14)15-9(2)16-13/h4-8H,3H2,1-2H3,(H,15,16,17). The molecule has 0 unspecified atom stereocenters. The van der Waals surface area contributed by atoms with E-state index in [0.717, 1.165) is 21.9 Å². The third-order valence-corrected chi connectivity index (χ3v) is 2.63. The first-order valence-corrected chi connectivity index (χ1v) is 6.48. The Morgan fingerprint density at radius 3 is 2.83 bits per heavy atom. The molecule has 0 fully saturated rings. The van der Waals surface area contributed by atoms with E-state index >= 15 is 0 Å². The van der Waals surface area contributed by atoms with Crippen molar-refractivity contribution in [3.8, 4) is 5.75 Å². The largest absolute Gasteiger partial charge is 0.494 e. The number of anilines is 2. The zero-order valence-electron chi connectivity index (χ0n) is 10.3. The average Bonchev–Trinajstić information content (AvgIpc) is 2.28. The maximum absolute atomic E-state index is 5.45. The first-order chi connectivity index (χ1) is 8.67. The third kappa shape index (κ3) is 3.43. The fraction of sp³-hybridized carbons (Fsp3) is 0.231. The van der Waals surface area contributed by atoms with Gasteiger partial charge in [-0.2, -0.15) is 0 Å². The van der Waals surface area contributed by atoms with Gasteiger partial charge in [0.05, 0.1) is 6.61 Å². The van der Waals surface area contributed by atoms with Crippen molar-refractivity contribution in [2.24, 2.45) is 0 Å². The van der Waals surface area contributed by atoms with Crippen LogP contribution >= 0.6 is 15.9 Å². The summed E-state index contributed by atoms with van der Waals surface area (Å²) < 4.78 is 6.21. The lowest BCUT2D eigenvalue weighted by Crippen LogP contribution is -1.98. The lowest BCUT2D eigenvalue weighted by molar-refractivity contribution is 0.340. The summed E-state index contributed by atoms with van der Waals surface area (Å²) >= 11 is 3.35. The van der Waals surface area contributed by atoms with Gasteiger partial charge in [0.1, 0.15) is 22.0 Å². The molecule has 0 radical (unpaired) electrons. The summed E-state index contributed by atoms with van der Waals surface area (Å²) in [6, 6.07) is 9.61. The molecule has 0 aliphatic heterocycles. The molecule has 2 aromatic rings. The third-order valence-electron chi connectivity index (χ3n) is 2.22. The Morgan fingerprint density at radius 2 is 2.11 bits per heavy atom. The fourth-order valence-corrected chi connectivity index (χ4v) is 2.05. The van der Waals surface area contributed by atoms with E-state index < -0.39 is 0 Å². The summed E-state index contributed by atoms with van der Waals surface area (Å²) in [5.74, 6) is 2.31. The molecule has 0 aliphatic rings. The highest BCUT2D eigenvalue weighted by molar-refractivity contribution is 9.10. The molecule has 1 heterocycles. The molecule has 94 valence electrons. The van der Waals surface area contributed by atoms with Crippen molar-refractivity contribution in [2.75, 3.05) is 11.9 Å². The van der Waals surface area contributed by atoms with Gasteiger partial charge in [-0.25, -0.2) is 9.97 Å². The van der Waals surface area contributed by atoms with Crippen molar-refractivity contribution >= 4 is 27.4 Å². The minimum absolute atomic E-state index is 0.654. The molecule has 4 nitrogen and oxygen atoms in total. The van der Waals surface area contributed by atoms with E-state index in [4.69, 9.17) is 4.74 Å². The summed E-state index contributed by atoms with van der Waals surface area (Å²) in [5, 5.41) is 3.22. The number of benzene rings is 1. The zero-order chi connectivity index (χ0) is 13.0. The number of nitrogens with zero attached hydrogens (tertiary/aromatic N) is 2. The highest BCUT2D eigenvalue weighted by atomic mass is 79.9. The molecule has 1 aromatic heterocycles. The molecule has 0 bridgehead atoms. The van der Waals surface area contributed by atoms with Gasteiger partial charge in [-0.15, -0.1) is 0 Å². The Bertz CT molecular complexity index is 525. The van der Waals surface area contributed by atoms with E-state index in [1.807, 2.05) is 44.2 Å². The Morgan fingerprint density at radius 1 is 1.28 bits per heavy atom. The molecule has 0 saturated carbocycles. The van der Waals surface area contributed by atoms with Crippen LogP contribution in [0.15, 0.2) is 34.9 Å². The van der Waals surface area contributed by atoms with Gasteiger partial charge in [-0.1, -0.05) is 6.07 Å². The molecule has 0 amide bonds. The van der Waals surface area contributed by atoms with E-state index in [2.05, 4.69) is 31.2 Å². The molecule has 0 aliphatic carbocycles. The van der Waals surface area contributed by atoms with Crippen LogP contribution in [0.25, 0.3) is 0 Å². The maximum atomic E-state index is 5.45. The number of hydrogen-bond acceptors (Lipinski definition) is 4. The van der Waals surface area contributed by atoms with Crippen LogP contribution in [0, 0.1) is 6.92 Å². The van der Waals surface area contributed by atoms with Crippen LogP contribution in [0.4, 0.5) is 11.5 Å². The monoisotopic (exact) mass is 307 g/mol. The van der Waals surface area contributed by atoms with E-state index in [-0.39, 0.29) is 0 Å². The average molecular weight is 308 g/mol. The van der Waals surface area contributed by atoms with Crippen LogP contribution in [0.1, 0.15) is 12.7 Å². The molecule has 18 heavy (non-hydrogen) atoms. The number of rotatable bonds is 4. The van der Waals surface area contributed by atoms with Crippen LogP contribution < -0.4 is 10.1 Å². The summed E-state index contributed by atoms with van der Waals surface area (Å²) in [5.41, 5.74) is 0.936. The summed E-state index contributed by atoms with van der Waals surface area (Å²) in [6.45, 7) is 4.47. The van der Waals surface area contributed by atoms with Gasteiger partial charge in [-0.3, -0.25) is 0 Å². The molecule has 2 rings (SSSR count). The van der Waals surface area contributed by atoms with Gasteiger partial charge >= 0.3 is 0 Å². The number of aromatic nitrogens is 2. The topological polar surface area (TPSA) is 47.0 Å². The number of nitrogens with one attached hydrogen (secondary N) is 1. The maximum Gasteiger partial charge on any atom is 0.135 e. The van der Waals surface area contributed by atoms with Crippen molar-refractivity contribution in [1.29, 1.82) is 0 Å². The van der Waals surface area contributed by atoms with Gasteiger partial charge in [0.2, 0.25) is 0 Å². The molecule has 0 saturated heterocycles. The Kier molecular flexibility index (Phi) is 4.15. The lowest BCUT2D eigenvalue weighted by atomic mass is 10.3. The van der Waals surface area contributed by atoms with E-state index in [1.54, 1.807) is 0 Å². The number of halogens is 1. The van der Waals surface area contributed by atoms with Crippen LogP contribution in [0.2, 0.25) is 0 Å². The lowest BCUT2D eigenvalue weighted by Gasteiger charge is -2.08. The van der Waals surface area contributed by atoms with E-state index in [0.29, 0.717) is 12.4 Å². The van der Waals surface area contributed by atoms with Crippen molar-refractivity contribution < 1.29 is 4.74 Å². The summed E-state index contributed by atoms with van der Waals surface area (Å²) in [7, 11) is 0. The van der Waals surface area contributed by atoms with Gasteiger partial charge in [0.25, 0.3) is 0 Å². The van der Waals surface area contributed by atoms with Gasteiger partial charge < -0.3 is 10.1 Å². The van der Waals surface area contributed by atoms with Crippen molar-refractivity contribution in [2.45, 2.75) is 13.8 Å². The number of aryl methyl sites for hydroxylation is 1. The minimum atomic E-state index is 0.654. The van der Waals surface area contributed by atoms with Crippen molar-refractivity contribution in [3.63, 3.8) is 0 Å². The van der Waals surface area contributed by atoms with Gasteiger partial charge in [0, 0.05) is 17.8 Å². The first-order valence-electron chi connectivity index (χ1n) is 5.68. The molecular weight excluding hydrogens is 294 g/mol. The minimum Gasteiger partial charge on any atom is -0.494 e. The second kappa shape index (κ2) is 5.82. The van der Waals surface area contributed by atoms with Crippen LogP contribution in [-0.2, 0) is 0 Å². The normalized spacial score (nSPS) is 10.2. The van der Waals surface area contributed by atoms with Crippen LogP contribution in [0.3, 0.4) is 0 Å².